The maximum absolute atomic E-state index is 6.26. The molecule has 1 aromatic carbocycles. The predicted octanol–water partition coefficient (Wildman–Crippen LogP) is 3.04. The summed E-state index contributed by atoms with van der Waals surface area (Å²) >= 11 is 0. The maximum atomic E-state index is 6.26. The minimum absolute atomic E-state index is 0.319. The van der Waals surface area contributed by atoms with E-state index in [1.165, 1.54) is 31.4 Å². The first-order valence-electron chi connectivity index (χ1n) is 7.98. The molecule has 3 nitrogen and oxygen atoms in total. The fourth-order valence-corrected chi connectivity index (χ4v) is 3.37. The molecule has 1 aliphatic heterocycles. The molecule has 0 bridgehead atoms. The van der Waals surface area contributed by atoms with E-state index < -0.39 is 0 Å². The van der Waals surface area contributed by atoms with Crippen LogP contribution in [-0.2, 0) is 0 Å². The third-order valence-corrected chi connectivity index (χ3v) is 4.45. The van der Waals surface area contributed by atoms with Crippen molar-refractivity contribution in [3.8, 4) is 5.75 Å². The summed E-state index contributed by atoms with van der Waals surface area (Å²) in [4.78, 5) is 2.46. The van der Waals surface area contributed by atoms with E-state index in [1.807, 2.05) is 6.92 Å². The van der Waals surface area contributed by atoms with E-state index in [9.17, 15) is 0 Å². The summed E-state index contributed by atoms with van der Waals surface area (Å²) in [6, 6.07) is 8.78. The molecule has 2 unspecified atom stereocenters. The predicted molar refractivity (Wildman–Crippen MR) is 83.2 cm³/mol. The molecule has 0 aromatic heterocycles. The zero-order chi connectivity index (χ0) is 13.9. The summed E-state index contributed by atoms with van der Waals surface area (Å²) in [5, 5.41) is 0. The molecule has 2 aliphatic rings. The molecule has 20 heavy (non-hydrogen) atoms. The fourth-order valence-electron chi connectivity index (χ4n) is 3.37. The van der Waals surface area contributed by atoms with Gasteiger partial charge in [0, 0.05) is 24.8 Å². The third-order valence-electron chi connectivity index (χ3n) is 4.45. The fraction of sp³-hybridized carbons (Fsp3) is 0.647. The minimum Gasteiger partial charge on any atom is -0.494 e. The number of hydrogen-bond acceptors (Lipinski definition) is 3. The van der Waals surface area contributed by atoms with Crippen LogP contribution in [-0.4, -0.2) is 25.7 Å². The second-order valence-electron chi connectivity index (χ2n) is 6.37. The molecule has 3 rings (SSSR count). The number of ether oxygens (including phenoxy) is 1. The van der Waals surface area contributed by atoms with E-state index >= 15 is 0 Å². The van der Waals surface area contributed by atoms with Crippen molar-refractivity contribution in [3.63, 3.8) is 0 Å². The van der Waals surface area contributed by atoms with E-state index in [0.717, 1.165) is 37.3 Å². The maximum Gasteiger partial charge on any atom is 0.119 e. The molecule has 2 fully saturated rings. The number of hydrogen-bond donors (Lipinski definition) is 1. The lowest BCUT2D eigenvalue weighted by molar-refractivity contribution is 0.339. The van der Waals surface area contributed by atoms with Gasteiger partial charge in [-0.1, -0.05) is 12.8 Å². The number of piperidine rings is 1. The first kappa shape index (κ1) is 13.7. The Bertz CT molecular complexity index is 425. The van der Waals surface area contributed by atoms with Gasteiger partial charge >= 0.3 is 0 Å². The molecule has 2 atom stereocenters. The Labute approximate surface area is 122 Å². The van der Waals surface area contributed by atoms with E-state index in [0.29, 0.717) is 6.04 Å². The van der Waals surface area contributed by atoms with E-state index in [1.54, 1.807) is 0 Å². The summed E-state index contributed by atoms with van der Waals surface area (Å²) in [6.07, 6.45) is 5.45. The smallest absolute Gasteiger partial charge is 0.119 e. The lowest BCUT2D eigenvalue weighted by atomic mass is 9.90. The second kappa shape index (κ2) is 6.04. The largest absolute Gasteiger partial charge is 0.494 e. The van der Waals surface area contributed by atoms with Crippen molar-refractivity contribution in [3.05, 3.63) is 24.3 Å². The molecule has 3 heteroatoms. The van der Waals surface area contributed by atoms with Gasteiger partial charge in [0.05, 0.1) is 6.61 Å². The Morgan fingerprint density at radius 1 is 1.15 bits per heavy atom. The quantitative estimate of drug-likeness (QED) is 0.897. The highest BCUT2D eigenvalue weighted by Crippen LogP contribution is 2.38. The van der Waals surface area contributed by atoms with Crippen LogP contribution < -0.4 is 15.4 Å². The van der Waals surface area contributed by atoms with Gasteiger partial charge < -0.3 is 15.4 Å². The molecular formula is C17H26N2O. The van der Waals surface area contributed by atoms with Crippen LogP contribution in [0.2, 0.25) is 0 Å². The van der Waals surface area contributed by atoms with Gasteiger partial charge in [0.2, 0.25) is 0 Å². The van der Waals surface area contributed by atoms with Crippen molar-refractivity contribution in [2.75, 3.05) is 24.6 Å². The Balaban J connectivity index is 1.64. The zero-order valence-electron chi connectivity index (χ0n) is 12.4. The number of rotatable bonds is 5. The first-order valence-corrected chi connectivity index (χ1v) is 7.98. The number of benzene rings is 1. The Kier molecular flexibility index (Phi) is 4.16. The zero-order valence-corrected chi connectivity index (χ0v) is 12.4. The summed E-state index contributed by atoms with van der Waals surface area (Å²) < 4.78 is 5.51. The van der Waals surface area contributed by atoms with Gasteiger partial charge in [-0.3, -0.25) is 0 Å². The van der Waals surface area contributed by atoms with Crippen molar-refractivity contribution >= 4 is 5.69 Å². The van der Waals surface area contributed by atoms with Crippen LogP contribution in [0, 0.1) is 11.8 Å². The second-order valence-corrected chi connectivity index (χ2v) is 6.37. The van der Waals surface area contributed by atoms with Crippen molar-refractivity contribution < 1.29 is 4.74 Å². The van der Waals surface area contributed by atoms with Gasteiger partial charge in [-0.05, 0) is 55.9 Å². The Morgan fingerprint density at radius 2 is 1.90 bits per heavy atom. The first-order chi connectivity index (χ1) is 9.74. The molecule has 0 amide bonds. The van der Waals surface area contributed by atoms with Gasteiger partial charge in [-0.15, -0.1) is 0 Å². The molecule has 1 aromatic rings. The Morgan fingerprint density at radius 3 is 2.55 bits per heavy atom. The SMILES string of the molecule is CCOc1ccc(N2CC(N)CC(CC3CC3)C2)cc1. The highest BCUT2D eigenvalue weighted by Gasteiger charge is 2.31. The highest BCUT2D eigenvalue weighted by atomic mass is 16.5. The molecule has 1 aliphatic carbocycles. The van der Waals surface area contributed by atoms with Crippen LogP contribution >= 0.6 is 0 Å². The van der Waals surface area contributed by atoms with Crippen molar-refractivity contribution in [1.82, 2.24) is 0 Å². The summed E-state index contributed by atoms with van der Waals surface area (Å²) in [6.45, 7) is 4.88. The third kappa shape index (κ3) is 3.45. The molecule has 2 N–H and O–H groups in total. The van der Waals surface area contributed by atoms with Gasteiger partial charge in [0.15, 0.2) is 0 Å². The summed E-state index contributed by atoms with van der Waals surface area (Å²) in [5.41, 5.74) is 7.54. The van der Waals surface area contributed by atoms with Crippen LogP contribution in [0.5, 0.6) is 5.75 Å². The van der Waals surface area contributed by atoms with Crippen LogP contribution in [0.1, 0.15) is 32.6 Å². The molecule has 1 heterocycles. The van der Waals surface area contributed by atoms with Crippen LogP contribution in [0.3, 0.4) is 0 Å². The highest BCUT2D eigenvalue weighted by molar-refractivity contribution is 5.49. The van der Waals surface area contributed by atoms with Crippen molar-refractivity contribution in [2.45, 2.75) is 38.6 Å². The standard InChI is InChI=1S/C17H26N2O/c1-2-20-17-7-5-16(6-8-17)19-11-14(9-13-3-4-13)10-15(18)12-19/h5-8,13-15H,2-4,9-12,18H2,1H3. The number of nitrogens with zero attached hydrogens (tertiary/aromatic N) is 1. The average Bonchev–Trinajstić information content (AvgIpc) is 3.23. The van der Waals surface area contributed by atoms with Gasteiger partial charge in [0.1, 0.15) is 5.75 Å². The lowest BCUT2D eigenvalue weighted by Gasteiger charge is -2.38. The summed E-state index contributed by atoms with van der Waals surface area (Å²) in [7, 11) is 0. The minimum atomic E-state index is 0.319. The lowest BCUT2D eigenvalue weighted by Crippen LogP contribution is -2.47. The van der Waals surface area contributed by atoms with E-state index in [-0.39, 0.29) is 0 Å². The molecule has 1 saturated carbocycles. The molecule has 0 radical (unpaired) electrons. The molecule has 1 saturated heterocycles. The van der Waals surface area contributed by atoms with Crippen molar-refractivity contribution in [1.29, 1.82) is 0 Å². The normalized spacial score (nSPS) is 26.6. The van der Waals surface area contributed by atoms with Crippen LogP contribution in [0.25, 0.3) is 0 Å². The van der Waals surface area contributed by atoms with E-state index in [2.05, 4.69) is 29.2 Å². The van der Waals surface area contributed by atoms with Crippen LogP contribution in [0.15, 0.2) is 24.3 Å². The topological polar surface area (TPSA) is 38.5 Å². The van der Waals surface area contributed by atoms with Crippen LogP contribution in [0.4, 0.5) is 5.69 Å². The number of nitrogens with two attached hydrogens (primary N) is 1. The molecular weight excluding hydrogens is 248 g/mol. The monoisotopic (exact) mass is 274 g/mol. The molecule has 110 valence electrons. The van der Waals surface area contributed by atoms with Gasteiger partial charge in [-0.25, -0.2) is 0 Å². The van der Waals surface area contributed by atoms with Gasteiger partial charge in [0.25, 0.3) is 0 Å². The van der Waals surface area contributed by atoms with Crippen molar-refractivity contribution in [2.24, 2.45) is 17.6 Å². The number of anilines is 1. The van der Waals surface area contributed by atoms with Gasteiger partial charge in [-0.2, -0.15) is 0 Å². The summed E-state index contributed by atoms with van der Waals surface area (Å²) in [5.74, 6) is 2.72. The Hall–Kier alpha value is -1.22. The van der Waals surface area contributed by atoms with E-state index in [4.69, 9.17) is 10.5 Å². The molecule has 0 spiro atoms. The average molecular weight is 274 g/mol.